The zero-order chi connectivity index (χ0) is 20.5. The molecule has 1 aliphatic rings. The number of hydrogen-bond acceptors (Lipinski definition) is 5. The number of nitrogens with zero attached hydrogens (tertiary/aromatic N) is 3. The monoisotopic (exact) mass is 385 g/mol. The Morgan fingerprint density at radius 3 is 2.61 bits per heavy atom. The molecule has 2 heterocycles. The third-order valence-corrected chi connectivity index (χ3v) is 5.58. The van der Waals surface area contributed by atoms with Crippen molar-refractivity contribution in [3.63, 3.8) is 0 Å². The topological polar surface area (TPSA) is 96.4 Å². The van der Waals surface area contributed by atoms with Gasteiger partial charge in [-0.05, 0) is 23.8 Å². The van der Waals surface area contributed by atoms with E-state index in [1.807, 2.05) is 62.7 Å². The van der Waals surface area contributed by atoms with E-state index in [1.165, 1.54) is 0 Å². The summed E-state index contributed by atoms with van der Waals surface area (Å²) in [6, 6.07) is 9.12. The summed E-state index contributed by atoms with van der Waals surface area (Å²) in [7, 11) is 1.90. The molecule has 7 nitrogen and oxygen atoms in total. The first-order valence-corrected chi connectivity index (χ1v) is 9.77. The third-order valence-electron chi connectivity index (χ3n) is 5.58. The summed E-state index contributed by atoms with van der Waals surface area (Å²) in [5, 5.41) is 11.1. The summed E-state index contributed by atoms with van der Waals surface area (Å²) >= 11 is 0. The zero-order valence-corrected chi connectivity index (χ0v) is 17.1. The summed E-state index contributed by atoms with van der Waals surface area (Å²) in [5.74, 6) is 6.17. The van der Waals surface area contributed by atoms with Crippen LogP contribution in [0.1, 0.15) is 45.5 Å². The van der Waals surface area contributed by atoms with Crippen LogP contribution in [0.4, 0.5) is 0 Å². The smallest absolute Gasteiger partial charge is 0.241 e. The minimum atomic E-state index is -0.854. The fourth-order valence-corrected chi connectivity index (χ4v) is 4.00. The lowest BCUT2D eigenvalue weighted by Gasteiger charge is -2.36. The Morgan fingerprint density at radius 1 is 1.32 bits per heavy atom. The molecule has 1 saturated heterocycles. The number of aliphatic hydroxyl groups excluding tert-OH is 1. The van der Waals surface area contributed by atoms with Crippen LogP contribution in [-0.2, 0) is 11.8 Å². The van der Waals surface area contributed by atoms with Crippen LogP contribution in [0.5, 0.6) is 0 Å². The van der Waals surface area contributed by atoms with Crippen LogP contribution in [0, 0.1) is 5.41 Å². The number of aromatic nitrogens is 2. The summed E-state index contributed by atoms with van der Waals surface area (Å²) in [6.07, 6.45) is 2.51. The maximum absolute atomic E-state index is 13.1. The Morgan fingerprint density at radius 2 is 2.00 bits per heavy atom. The van der Waals surface area contributed by atoms with Gasteiger partial charge in [-0.25, -0.2) is 10.4 Å². The van der Waals surface area contributed by atoms with Gasteiger partial charge in [-0.15, -0.1) is 0 Å². The number of amides is 1. The van der Waals surface area contributed by atoms with Gasteiger partial charge in [0.1, 0.15) is 18.0 Å². The molecular formula is C21H31N5O2. The summed E-state index contributed by atoms with van der Waals surface area (Å²) in [6.45, 7) is 6.54. The number of rotatable bonds is 5. The van der Waals surface area contributed by atoms with Gasteiger partial charge in [0, 0.05) is 13.6 Å². The van der Waals surface area contributed by atoms with E-state index in [2.05, 4.69) is 10.4 Å². The quantitative estimate of drug-likeness (QED) is 0.540. The third kappa shape index (κ3) is 3.83. The molecule has 2 unspecified atom stereocenters. The van der Waals surface area contributed by atoms with Gasteiger partial charge in [-0.2, -0.15) is 0 Å². The Labute approximate surface area is 166 Å². The predicted molar refractivity (Wildman–Crippen MR) is 109 cm³/mol. The largest absolute Gasteiger partial charge is 0.383 e. The number of carbonyl (C=O) groups excluding carboxylic acids is 1. The van der Waals surface area contributed by atoms with Crippen LogP contribution in [0.3, 0.4) is 0 Å². The number of nitrogens with one attached hydrogen (secondary N) is 1. The van der Waals surface area contributed by atoms with Crippen LogP contribution >= 0.6 is 0 Å². The average Bonchev–Trinajstić information content (AvgIpc) is 3.28. The van der Waals surface area contributed by atoms with E-state index in [1.54, 1.807) is 11.1 Å². The number of likely N-dealkylation sites (tertiary alicyclic amines) is 1. The lowest BCUT2D eigenvalue weighted by molar-refractivity contribution is -0.139. The van der Waals surface area contributed by atoms with E-state index in [-0.39, 0.29) is 17.4 Å². The van der Waals surface area contributed by atoms with E-state index in [4.69, 9.17) is 5.84 Å². The number of hydrazine groups is 1. The number of hydrogen-bond donors (Lipinski definition) is 3. The summed E-state index contributed by atoms with van der Waals surface area (Å²) in [4.78, 5) is 19.4. The highest BCUT2D eigenvalue weighted by molar-refractivity contribution is 5.83. The first kappa shape index (κ1) is 20.5. The lowest BCUT2D eigenvalue weighted by Crippen LogP contribution is -2.57. The average molecular weight is 386 g/mol. The van der Waals surface area contributed by atoms with Crippen LogP contribution in [0.25, 0.3) is 11.3 Å². The van der Waals surface area contributed by atoms with Crippen molar-refractivity contribution in [2.45, 2.75) is 51.8 Å². The molecule has 3 rings (SSSR count). The molecule has 4 N–H and O–H groups in total. The van der Waals surface area contributed by atoms with Crippen molar-refractivity contribution in [2.75, 3.05) is 6.54 Å². The van der Waals surface area contributed by atoms with Gasteiger partial charge < -0.3 is 14.6 Å². The molecule has 0 radical (unpaired) electrons. The van der Waals surface area contributed by atoms with E-state index in [0.29, 0.717) is 12.4 Å². The van der Waals surface area contributed by atoms with E-state index >= 15 is 0 Å². The van der Waals surface area contributed by atoms with Crippen LogP contribution in [0.2, 0.25) is 0 Å². The fraction of sp³-hybridized carbons (Fsp3) is 0.524. The Hall–Kier alpha value is -2.22. The van der Waals surface area contributed by atoms with E-state index < -0.39 is 12.1 Å². The van der Waals surface area contributed by atoms with Crippen molar-refractivity contribution in [1.29, 1.82) is 0 Å². The predicted octanol–water partition coefficient (Wildman–Crippen LogP) is 1.99. The molecule has 0 bridgehead atoms. The van der Waals surface area contributed by atoms with Gasteiger partial charge in [0.25, 0.3) is 0 Å². The highest BCUT2D eigenvalue weighted by atomic mass is 16.3. The molecule has 0 spiro atoms. The van der Waals surface area contributed by atoms with Crippen molar-refractivity contribution in [3.05, 3.63) is 42.4 Å². The normalized spacial score (nSPS) is 19.6. The first-order chi connectivity index (χ1) is 13.3. The van der Waals surface area contributed by atoms with Gasteiger partial charge in [0.15, 0.2) is 0 Å². The van der Waals surface area contributed by atoms with Crippen molar-refractivity contribution < 1.29 is 9.90 Å². The summed E-state index contributed by atoms with van der Waals surface area (Å²) < 4.78 is 1.91. The molecule has 2 aromatic rings. The first-order valence-electron chi connectivity index (χ1n) is 9.77. The van der Waals surface area contributed by atoms with E-state index in [9.17, 15) is 9.90 Å². The van der Waals surface area contributed by atoms with Crippen LogP contribution in [0.15, 0.2) is 36.5 Å². The van der Waals surface area contributed by atoms with Gasteiger partial charge in [0.2, 0.25) is 5.91 Å². The molecule has 1 amide bonds. The number of imidazole rings is 1. The zero-order valence-electron chi connectivity index (χ0n) is 17.1. The highest BCUT2D eigenvalue weighted by Crippen LogP contribution is 2.32. The van der Waals surface area contributed by atoms with Crippen molar-refractivity contribution in [2.24, 2.45) is 18.3 Å². The second-order valence-corrected chi connectivity index (χ2v) is 8.58. The van der Waals surface area contributed by atoms with Crippen molar-refractivity contribution in [3.8, 4) is 11.3 Å². The SMILES string of the molecule is Cn1c(-c2ccccc2)cnc1C(O)C1CCCN1C(=O)[C@@H](NN)C(C)(C)C. The number of carbonyl (C=O) groups is 1. The molecule has 7 heteroatoms. The Kier molecular flexibility index (Phi) is 5.88. The second-order valence-electron chi connectivity index (χ2n) is 8.58. The Bertz CT molecular complexity index is 812. The van der Waals surface area contributed by atoms with E-state index in [0.717, 1.165) is 24.1 Å². The van der Waals surface area contributed by atoms with Gasteiger partial charge >= 0.3 is 0 Å². The molecule has 1 aromatic heterocycles. The molecule has 28 heavy (non-hydrogen) atoms. The van der Waals surface area contributed by atoms with Crippen molar-refractivity contribution >= 4 is 5.91 Å². The second kappa shape index (κ2) is 8.03. The van der Waals surface area contributed by atoms with Gasteiger partial charge in [-0.3, -0.25) is 10.6 Å². The number of benzene rings is 1. The maximum atomic E-state index is 13.1. The lowest BCUT2D eigenvalue weighted by atomic mass is 9.86. The van der Waals surface area contributed by atoms with Crippen LogP contribution in [-0.4, -0.2) is 44.1 Å². The standard InChI is InChI=1S/C21H31N5O2/c1-21(2,3)18(24-22)20(28)26-12-8-11-15(26)17(27)19-23-13-16(25(19)4)14-9-6-5-7-10-14/h5-7,9-10,13,15,17-18,24,27H,8,11-12,22H2,1-4H3/t15?,17?,18-/m1/s1. The van der Waals surface area contributed by atoms with Crippen molar-refractivity contribution in [1.82, 2.24) is 19.9 Å². The van der Waals surface area contributed by atoms with Gasteiger partial charge in [0.05, 0.1) is 17.9 Å². The molecule has 152 valence electrons. The summed E-state index contributed by atoms with van der Waals surface area (Å²) in [5.41, 5.74) is 4.31. The van der Waals surface area contributed by atoms with Gasteiger partial charge in [-0.1, -0.05) is 51.1 Å². The highest BCUT2D eigenvalue weighted by Gasteiger charge is 2.41. The maximum Gasteiger partial charge on any atom is 0.241 e. The van der Waals surface area contributed by atoms with Crippen LogP contribution < -0.4 is 11.3 Å². The molecule has 3 atom stereocenters. The minimum absolute atomic E-state index is 0.0750. The Balaban J connectivity index is 1.85. The molecule has 0 aliphatic carbocycles. The fourth-order valence-electron chi connectivity index (χ4n) is 4.00. The molecule has 1 aliphatic heterocycles. The molecular weight excluding hydrogens is 354 g/mol. The molecule has 0 saturated carbocycles. The number of aliphatic hydroxyl groups is 1. The molecule has 1 fully saturated rings. The number of nitrogens with two attached hydrogens (primary N) is 1. The minimum Gasteiger partial charge on any atom is -0.383 e. The molecule has 1 aromatic carbocycles.